The van der Waals surface area contributed by atoms with Gasteiger partial charge >= 0.3 is 0 Å². The number of anilines is 1. The van der Waals surface area contributed by atoms with E-state index in [1.165, 1.54) is 0 Å². The molecule has 2 aromatic rings. The predicted molar refractivity (Wildman–Crippen MR) is 107 cm³/mol. The Balaban J connectivity index is 1.75. The molecule has 5 nitrogen and oxygen atoms in total. The van der Waals surface area contributed by atoms with Crippen LogP contribution >= 0.6 is 11.8 Å². The highest BCUT2D eigenvalue weighted by molar-refractivity contribution is 8.04. The standard InChI is InChI=1S/C21H21N3O2S/c1-4-19(26)23-21-12(2)7-14-15(9-22-10-16(14)21)13-5-6-17-18(8-13)27-20(11-25)24(17)3/h5-6,8-10,12,21H,4,7H2,1-3H3,(H,23,26)/i3D3. The Morgan fingerprint density at radius 1 is 1.48 bits per heavy atom. The predicted octanol–water partition coefficient (Wildman–Crippen LogP) is 3.72. The van der Waals surface area contributed by atoms with Crippen molar-refractivity contribution in [2.75, 3.05) is 11.9 Å². The molecule has 1 aliphatic carbocycles. The van der Waals surface area contributed by atoms with E-state index in [0.29, 0.717) is 17.0 Å². The third kappa shape index (κ3) is 2.95. The van der Waals surface area contributed by atoms with Crippen LogP contribution in [0.5, 0.6) is 0 Å². The molecule has 0 saturated carbocycles. The molecule has 2 unspecified atom stereocenters. The van der Waals surface area contributed by atoms with Gasteiger partial charge in [0.1, 0.15) is 0 Å². The van der Waals surface area contributed by atoms with Crippen molar-refractivity contribution < 1.29 is 13.7 Å². The minimum absolute atomic E-state index is 0.0111. The highest BCUT2D eigenvalue weighted by Crippen LogP contribution is 2.47. The van der Waals surface area contributed by atoms with Gasteiger partial charge in [-0.15, -0.1) is 0 Å². The molecule has 27 heavy (non-hydrogen) atoms. The van der Waals surface area contributed by atoms with Crippen molar-refractivity contribution in [3.05, 3.63) is 46.7 Å². The maximum Gasteiger partial charge on any atom is 0.220 e. The Kier molecular flexibility index (Phi) is 3.69. The normalized spacial score (nSPS) is 22.4. The lowest BCUT2D eigenvalue weighted by Gasteiger charge is -2.18. The van der Waals surface area contributed by atoms with E-state index >= 15 is 0 Å². The average molecular weight is 383 g/mol. The number of benzene rings is 1. The SMILES string of the molecule is [2H]C([2H])([2H])N1C(=C=O)Sc2cc(-c3cncc4c3CC(C)C4NC(=O)CC)ccc21. The summed E-state index contributed by atoms with van der Waals surface area (Å²) in [6, 6.07) is 5.40. The number of nitrogens with zero attached hydrogens (tertiary/aromatic N) is 2. The minimum atomic E-state index is -2.46. The number of fused-ring (bicyclic) bond motifs is 2. The fourth-order valence-electron chi connectivity index (χ4n) is 3.76. The number of carbonyl (C=O) groups is 1. The van der Waals surface area contributed by atoms with Crippen LogP contribution in [-0.4, -0.2) is 23.8 Å². The molecule has 2 heterocycles. The second-order valence-corrected chi connectivity index (χ2v) is 7.89. The smallest absolute Gasteiger partial charge is 0.220 e. The van der Waals surface area contributed by atoms with Gasteiger partial charge in [-0.25, -0.2) is 4.79 Å². The van der Waals surface area contributed by atoms with Crippen LogP contribution in [0.1, 0.15) is 41.5 Å². The number of hydrogen-bond donors (Lipinski definition) is 1. The van der Waals surface area contributed by atoms with Gasteiger partial charge in [0.15, 0.2) is 11.0 Å². The zero-order valence-corrected chi connectivity index (χ0v) is 15.9. The van der Waals surface area contributed by atoms with Crippen molar-refractivity contribution in [2.45, 2.75) is 37.6 Å². The summed E-state index contributed by atoms with van der Waals surface area (Å²) in [5, 5.41) is 3.13. The van der Waals surface area contributed by atoms with E-state index < -0.39 is 6.98 Å². The molecule has 0 saturated heterocycles. The van der Waals surface area contributed by atoms with Crippen molar-refractivity contribution in [3.63, 3.8) is 0 Å². The summed E-state index contributed by atoms with van der Waals surface area (Å²) < 4.78 is 23.2. The number of nitrogens with one attached hydrogen (secondary N) is 1. The van der Waals surface area contributed by atoms with Gasteiger partial charge in [-0.05, 0) is 41.2 Å². The van der Waals surface area contributed by atoms with Gasteiger partial charge in [-0.2, -0.15) is 0 Å². The molecule has 0 bridgehead atoms. The molecule has 1 aromatic heterocycles. The van der Waals surface area contributed by atoms with Crippen LogP contribution in [-0.2, 0) is 16.0 Å². The molecule has 6 heteroatoms. The highest BCUT2D eigenvalue weighted by atomic mass is 32.2. The Bertz CT molecular complexity index is 1080. The third-order valence-corrected chi connectivity index (χ3v) is 6.17. The first-order valence-electron chi connectivity index (χ1n) is 10.4. The Hall–Kier alpha value is -2.56. The lowest BCUT2D eigenvalue weighted by atomic mass is 9.99. The molecule has 0 radical (unpaired) electrons. The fourth-order valence-corrected chi connectivity index (χ4v) is 4.65. The zero-order valence-electron chi connectivity index (χ0n) is 18.1. The van der Waals surface area contributed by atoms with Gasteiger partial charge in [0.2, 0.25) is 5.91 Å². The first-order chi connectivity index (χ1) is 14.2. The largest absolute Gasteiger partial charge is 0.349 e. The number of pyridine rings is 1. The van der Waals surface area contributed by atoms with Crippen molar-refractivity contribution in [3.8, 4) is 11.1 Å². The minimum Gasteiger partial charge on any atom is -0.349 e. The number of amides is 1. The van der Waals surface area contributed by atoms with E-state index in [4.69, 9.17) is 4.11 Å². The zero-order chi connectivity index (χ0) is 21.6. The number of thioether (sulfide) groups is 1. The maximum atomic E-state index is 12.0. The fraction of sp³-hybridized carbons (Fsp3) is 0.333. The lowest BCUT2D eigenvalue weighted by molar-refractivity contribution is -0.121. The van der Waals surface area contributed by atoms with Gasteiger partial charge in [-0.3, -0.25) is 9.78 Å². The summed E-state index contributed by atoms with van der Waals surface area (Å²) in [7, 11) is 0. The molecule has 2 atom stereocenters. The highest BCUT2D eigenvalue weighted by Gasteiger charge is 2.33. The molecule has 1 aliphatic heterocycles. The van der Waals surface area contributed by atoms with Crippen LogP contribution in [0.2, 0.25) is 0 Å². The Morgan fingerprint density at radius 2 is 2.33 bits per heavy atom. The van der Waals surface area contributed by atoms with E-state index in [0.717, 1.165) is 45.3 Å². The summed E-state index contributed by atoms with van der Waals surface area (Å²) in [6.07, 6.45) is 4.86. The van der Waals surface area contributed by atoms with Crippen molar-refractivity contribution in [1.82, 2.24) is 10.3 Å². The van der Waals surface area contributed by atoms with Crippen LogP contribution in [0.4, 0.5) is 5.69 Å². The van der Waals surface area contributed by atoms with Crippen LogP contribution in [0.25, 0.3) is 11.1 Å². The number of rotatable bonds is 3. The number of hydrogen-bond acceptors (Lipinski definition) is 5. The molecular formula is C21H21N3O2S. The first kappa shape index (κ1) is 14.5. The molecular weight excluding hydrogens is 358 g/mol. The van der Waals surface area contributed by atoms with Crippen LogP contribution in [0.15, 0.2) is 40.5 Å². The molecule has 4 rings (SSSR count). The van der Waals surface area contributed by atoms with Crippen molar-refractivity contribution in [1.29, 1.82) is 0 Å². The molecule has 138 valence electrons. The summed E-state index contributed by atoms with van der Waals surface area (Å²) in [6.45, 7) is 1.48. The van der Waals surface area contributed by atoms with E-state index in [-0.39, 0.29) is 22.9 Å². The number of carbonyl (C=O) groups excluding carboxylic acids is 2. The summed E-state index contributed by atoms with van der Waals surface area (Å²) in [5.74, 6) is 2.01. The molecule has 2 aliphatic rings. The molecule has 1 aromatic carbocycles. The van der Waals surface area contributed by atoms with Crippen molar-refractivity contribution in [2.24, 2.45) is 5.92 Å². The molecule has 1 N–H and O–H groups in total. The van der Waals surface area contributed by atoms with Crippen LogP contribution < -0.4 is 10.2 Å². The number of aromatic nitrogens is 1. The molecule has 0 spiro atoms. The third-order valence-electron chi connectivity index (χ3n) is 5.17. The maximum absolute atomic E-state index is 12.0. The van der Waals surface area contributed by atoms with E-state index in [1.807, 2.05) is 25.3 Å². The van der Waals surface area contributed by atoms with Gasteiger partial charge < -0.3 is 10.2 Å². The summed E-state index contributed by atoms with van der Waals surface area (Å²) in [4.78, 5) is 29.4. The van der Waals surface area contributed by atoms with Gasteiger partial charge in [0, 0.05) is 40.4 Å². The second kappa shape index (κ2) is 6.87. The van der Waals surface area contributed by atoms with Gasteiger partial charge in [-0.1, -0.05) is 31.7 Å². The summed E-state index contributed by atoms with van der Waals surface area (Å²) in [5.41, 5.74) is 4.50. The summed E-state index contributed by atoms with van der Waals surface area (Å²) >= 11 is 1.11. The van der Waals surface area contributed by atoms with Gasteiger partial charge in [0.05, 0.1) is 11.7 Å². The molecule has 0 fully saturated rings. The molecule has 1 amide bonds. The van der Waals surface area contributed by atoms with Crippen LogP contribution in [0, 0.1) is 5.92 Å². The average Bonchev–Trinajstić information content (AvgIpc) is 3.24. The monoisotopic (exact) mass is 382 g/mol. The van der Waals surface area contributed by atoms with E-state index in [9.17, 15) is 9.59 Å². The van der Waals surface area contributed by atoms with Crippen molar-refractivity contribution >= 4 is 29.3 Å². The van der Waals surface area contributed by atoms with E-state index in [1.54, 1.807) is 18.2 Å². The van der Waals surface area contributed by atoms with E-state index in [2.05, 4.69) is 17.2 Å². The first-order valence-corrected chi connectivity index (χ1v) is 9.70. The Morgan fingerprint density at radius 3 is 3.07 bits per heavy atom. The van der Waals surface area contributed by atoms with Gasteiger partial charge in [0.25, 0.3) is 0 Å². The second-order valence-electron chi connectivity index (χ2n) is 6.86. The Labute approximate surface area is 167 Å². The topological polar surface area (TPSA) is 62.3 Å². The quantitative estimate of drug-likeness (QED) is 0.820. The lowest BCUT2D eigenvalue weighted by Crippen LogP contribution is -2.29. The van der Waals surface area contributed by atoms with Crippen LogP contribution in [0.3, 0.4) is 0 Å².